The fourth-order valence-electron chi connectivity index (χ4n) is 1.77. The first-order valence-electron chi connectivity index (χ1n) is 6.92. The highest BCUT2D eigenvalue weighted by atomic mass is 28.4. The molecule has 0 saturated heterocycles. The summed E-state index contributed by atoms with van der Waals surface area (Å²) in [6, 6.07) is 2.01. The van der Waals surface area contributed by atoms with Crippen molar-refractivity contribution in [1.82, 2.24) is 0 Å². The smallest absolute Gasteiger partial charge is 0.338 e. The molecule has 0 unspecified atom stereocenters. The van der Waals surface area contributed by atoms with Crippen molar-refractivity contribution < 1.29 is 8.85 Å². The first kappa shape index (κ1) is 17.1. The van der Waals surface area contributed by atoms with Crippen molar-refractivity contribution in [1.29, 1.82) is 0 Å². The highest BCUT2D eigenvalue weighted by Crippen LogP contribution is 2.23. The average molecular weight is 262 g/mol. The molecule has 0 heterocycles. The van der Waals surface area contributed by atoms with Crippen LogP contribution in [0.15, 0.2) is 0 Å². The molecule has 4 N–H and O–H groups in total. The van der Waals surface area contributed by atoms with Gasteiger partial charge < -0.3 is 20.3 Å². The van der Waals surface area contributed by atoms with Crippen molar-refractivity contribution in [3.05, 3.63) is 0 Å². The number of rotatable bonds is 12. The third-order valence-electron chi connectivity index (χ3n) is 2.66. The van der Waals surface area contributed by atoms with Gasteiger partial charge in [0.2, 0.25) is 0 Å². The van der Waals surface area contributed by atoms with E-state index in [2.05, 4.69) is 13.8 Å². The summed E-state index contributed by atoms with van der Waals surface area (Å²) in [5, 5.41) is 0. The van der Waals surface area contributed by atoms with Crippen molar-refractivity contribution in [3.63, 3.8) is 0 Å². The van der Waals surface area contributed by atoms with Gasteiger partial charge in [0.05, 0.1) is 0 Å². The van der Waals surface area contributed by atoms with Crippen molar-refractivity contribution in [2.24, 2.45) is 11.5 Å². The van der Waals surface area contributed by atoms with Crippen molar-refractivity contribution in [3.8, 4) is 0 Å². The first-order chi connectivity index (χ1) is 8.24. The Hall–Kier alpha value is 0.0569. The number of hydrogen-bond acceptors (Lipinski definition) is 4. The molecule has 0 aromatic heterocycles. The van der Waals surface area contributed by atoms with E-state index in [0.717, 1.165) is 51.0 Å². The van der Waals surface area contributed by atoms with E-state index in [4.69, 9.17) is 20.3 Å². The van der Waals surface area contributed by atoms with Crippen LogP contribution in [-0.2, 0) is 8.85 Å². The van der Waals surface area contributed by atoms with E-state index in [1.54, 1.807) is 0 Å². The minimum absolute atomic E-state index is 0.711. The number of hydrogen-bond donors (Lipinski definition) is 2. The van der Waals surface area contributed by atoms with Crippen LogP contribution in [0.1, 0.15) is 39.5 Å². The molecule has 0 amide bonds. The highest BCUT2D eigenvalue weighted by molar-refractivity contribution is 6.67. The van der Waals surface area contributed by atoms with Gasteiger partial charge in [-0.15, -0.1) is 0 Å². The zero-order chi connectivity index (χ0) is 13.0. The normalized spacial score (nSPS) is 12.0. The quantitative estimate of drug-likeness (QED) is 0.528. The predicted octanol–water partition coefficient (Wildman–Crippen LogP) is 1.98. The summed E-state index contributed by atoms with van der Waals surface area (Å²) < 4.78 is 12.2. The minimum atomic E-state index is -2.04. The Balaban J connectivity index is 4.39. The average Bonchev–Trinajstić information content (AvgIpc) is 2.37. The van der Waals surface area contributed by atoms with E-state index >= 15 is 0 Å². The fourth-order valence-corrected chi connectivity index (χ4v) is 5.32. The molecule has 17 heavy (non-hydrogen) atoms. The third-order valence-corrected chi connectivity index (χ3v) is 6.35. The second kappa shape index (κ2) is 11.2. The lowest BCUT2D eigenvalue weighted by Crippen LogP contribution is -2.43. The molecular formula is C12H30N2O2Si. The van der Waals surface area contributed by atoms with Gasteiger partial charge in [-0.25, -0.2) is 0 Å². The van der Waals surface area contributed by atoms with Gasteiger partial charge in [-0.1, -0.05) is 13.8 Å². The molecule has 0 fully saturated rings. The Morgan fingerprint density at radius 2 is 1.24 bits per heavy atom. The maximum atomic E-state index is 6.09. The minimum Gasteiger partial charge on any atom is -0.394 e. The lowest BCUT2D eigenvalue weighted by Gasteiger charge is -2.30. The van der Waals surface area contributed by atoms with E-state index < -0.39 is 8.56 Å². The molecule has 0 aromatic carbocycles. The molecule has 5 heteroatoms. The van der Waals surface area contributed by atoms with Gasteiger partial charge in [0.15, 0.2) is 0 Å². The van der Waals surface area contributed by atoms with Crippen LogP contribution in [0.3, 0.4) is 0 Å². The molecule has 0 saturated carbocycles. The molecule has 4 nitrogen and oxygen atoms in total. The SMILES string of the molecule is CCCO[Si](CCCN)(CCCN)OCCC. The molecule has 0 rings (SSSR count). The molecule has 0 atom stereocenters. The summed E-state index contributed by atoms with van der Waals surface area (Å²) in [6.07, 6.45) is 4.05. The van der Waals surface area contributed by atoms with Gasteiger partial charge >= 0.3 is 8.56 Å². The van der Waals surface area contributed by atoms with E-state index in [9.17, 15) is 0 Å². The largest absolute Gasteiger partial charge is 0.394 e. The predicted molar refractivity (Wildman–Crippen MR) is 75.2 cm³/mol. The summed E-state index contributed by atoms with van der Waals surface area (Å²) >= 11 is 0. The molecule has 0 spiro atoms. The van der Waals surface area contributed by atoms with Gasteiger partial charge in [0, 0.05) is 13.2 Å². The van der Waals surface area contributed by atoms with Crippen LogP contribution in [-0.4, -0.2) is 34.9 Å². The van der Waals surface area contributed by atoms with Gasteiger partial charge in [-0.3, -0.25) is 0 Å². The molecule has 104 valence electrons. The van der Waals surface area contributed by atoms with Crippen molar-refractivity contribution in [2.75, 3.05) is 26.3 Å². The maximum absolute atomic E-state index is 6.09. The summed E-state index contributed by atoms with van der Waals surface area (Å²) in [7, 11) is -2.04. The topological polar surface area (TPSA) is 70.5 Å². The van der Waals surface area contributed by atoms with Crippen molar-refractivity contribution >= 4 is 8.56 Å². The lowest BCUT2D eigenvalue weighted by molar-refractivity contribution is 0.166. The molecule has 0 bridgehead atoms. The van der Waals surface area contributed by atoms with Gasteiger partial charge in [-0.2, -0.15) is 0 Å². The molecular weight excluding hydrogens is 232 g/mol. The molecule has 0 aliphatic carbocycles. The van der Waals surface area contributed by atoms with Crippen LogP contribution >= 0.6 is 0 Å². The van der Waals surface area contributed by atoms with Gasteiger partial charge in [0.1, 0.15) is 0 Å². The van der Waals surface area contributed by atoms with E-state index in [-0.39, 0.29) is 0 Å². The lowest BCUT2D eigenvalue weighted by atomic mass is 10.5. The van der Waals surface area contributed by atoms with E-state index in [1.807, 2.05) is 0 Å². The van der Waals surface area contributed by atoms with E-state index in [1.165, 1.54) is 0 Å². The van der Waals surface area contributed by atoms with Crippen molar-refractivity contribution in [2.45, 2.75) is 51.6 Å². The summed E-state index contributed by atoms with van der Waals surface area (Å²) in [6.45, 7) is 7.27. The number of nitrogens with two attached hydrogens (primary N) is 2. The zero-order valence-electron chi connectivity index (χ0n) is 11.5. The Kier molecular flexibility index (Phi) is 11.2. The summed E-state index contributed by atoms with van der Waals surface area (Å²) in [5.74, 6) is 0. The highest BCUT2D eigenvalue weighted by Gasteiger charge is 2.35. The second-order valence-corrected chi connectivity index (χ2v) is 7.79. The monoisotopic (exact) mass is 262 g/mol. The van der Waals surface area contributed by atoms with Crippen LogP contribution in [0.5, 0.6) is 0 Å². The van der Waals surface area contributed by atoms with E-state index in [0.29, 0.717) is 13.1 Å². The zero-order valence-corrected chi connectivity index (χ0v) is 12.5. The summed E-state index contributed by atoms with van der Waals surface area (Å²) in [4.78, 5) is 0. The Morgan fingerprint density at radius 1 is 0.824 bits per heavy atom. The molecule has 0 radical (unpaired) electrons. The Bertz CT molecular complexity index is 133. The maximum Gasteiger partial charge on any atom is 0.338 e. The second-order valence-electron chi connectivity index (χ2n) is 4.39. The van der Waals surface area contributed by atoms with Gasteiger partial charge in [-0.05, 0) is 50.9 Å². The first-order valence-corrected chi connectivity index (χ1v) is 9.15. The van der Waals surface area contributed by atoms with Gasteiger partial charge in [0.25, 0.3) is 0 Å². The summed E-state index contributed by atoms with van der Waals surface area (Å²) in [5.41, 5.74) is 11.2. The van der Waals surface area contributed by atoms with Crippen LogP contribution in [0.2, 0.25) is 12.1 Å². The van der Waals surface area contributed by atoms with Crippen LogP contribution in [0, 0.1) is 0 Å². The third kappa shape index (κ3) is 7.89. The fraction of sp³-hybridized carbons (Fsp3) is 1.00. The van der Waals surface area contributed by atoms with Crippen LogP contribution in [0.25, 0.3) is 0 Å². The molecule has 0 aromatic rings. The molecule has 0 aliphatic rings. The van der Waals surface area contributed by atoms with Crippen LogP contribution < -0.4 is 11.5 Å². The Labute approximate surface area is 107 Å². The van der Waals surface area contributed by atoms with Crippen LogP contribution in [0.4, 0.5) is 0 Å². The standard InChI is InChI=1S/C12H30N2O2Si/c1-3-9-15-17(11-5-7-13,12-6-8-14)16-10-4-2/h3-14H2,1-2H3. The molecule has 0 aliphatic heterocycles. The Morgan fingerprint density at radius 3 is 1.53 bits per heavy atom.